The van der Waals surface area contributed by atoms with Crippen LogP contribution in [0.25, 0.3) is 5.69 Å². The number of ether oxygens (including phenoxy) is 1. The number of nitrogens with zero attached hydrogens (tertiary/aromatic N) is 5. The number of anilines is 2. The Morgan fingerprint density at radius 3 is 2.33 bits per heavy atom. The molecule has 0 saturated carbocycles. The number of amidine groups is 2. The summed E-state index contributed by atoms with van der Waals surface area (Å²) in [4.78, 5) is 12.6. The molecular formula is C34H30N6O2. The van der Waals surface area contributed by atoms with Crippen molar-refractivity contribution in [3.05, 3.63) is 119 Å². The van der Waals surface area contributed by atoms with Crippen molar-refractivity contribution in [3.8, 4) is 17.2 Å². The molecule has 1 atom stereocenters. The molecule has 0 unspecified atom stereocenters. The predicted molar refractivity (Wildman–Crippen MR) is 167 cm³/mol. The van der Waals surface area contributed by atoms with E-state index >= 15 is 0 Å². The van der Waals surface area contributed by atoms with Gasteiger partial charge in [0.1, 0.15) is 0 Å². The van der Waals surface area contributed by atoms with Crippen LogP contribution in [0.15, 0.2) is 101 Å². The summed E-state index contributed by atoms with van der Waals surface area (Å²) in [6.45, 7) is 6.19. The second-order valence-electron chi connectivity index (χ2n) is 10.7. The van der Waals surface area contributed by atoms with Crippen molar-refractivity contribution < 1.29 is 9.84 Å². The highest BCUT2D eigenvalue weighted by Crippen LogP contribution is 2.49. The molecule has 42 heavy (non-hydrogen) atoms. The van der Waals surface area contributed by atoms with Crippen LogP contribution in [0.2, 0.25) is 0 Å². The third-order valence-electron chi connectivity index (χ3n) is 7.64. The van der Waals surface area contributed by atoms with Crippen molar-refractivity contribution >= 4 is 34.6 Å². The van der Waals surface area contributed by atoms with Crippen molar-refractivity contribution in [1.82, 2.24) is 9.78 Å². The number of aryl methyl sites for hydroxylation is 3. The quantitative estimate of drug-likeness (QED) is 0.243. The molecule has 2 aliphatic rings. The van der Waals surface area contributed by atoms with Crippen LogP contribution in [0.3, 0.4) is 0 Å². The van der Waals surface area contributed by atoms with Crippen molar-refractivity contribution in [2.45, 2.75) is 26.8 Å². The van der Waals surface area contributed by atoms with Crippen LogP contribution in [0.1, 0.15) is 34.0 Å². The van der Waals surface area contributed by atoms with E-state index in [4.69, 9.17) is 19.8 Å². The first-order valence-corrected chi connectivity index (χ1v) is 13.8. The van der Waals surface area contributed by atoms with Gasteiger partial charge in [-0.25, -0.2) is 14.7 Å². The zero-order valence-corrected chi connectivity index (χ0v) is 23.8. The molecule has 1 aromatic heterocycles. The van der Waals surface area contributed by atoms with Gasteiger partial charge >= 0.3 is 0 Å². The highest BCUT2D eigenvalue weighted by atomic mass is 16.5. The van der Waals surface area contributed by atoms with Gasteiger partial charge in [0.05, 0.1) is 35.9 Å². The average Bonchev–Trinajstić information content (AvgIpc) is 3.32. The summed E-state index contributed by atoms with van der Waals surface area (Å²) >= 11 is 0. The number of phenols is 1. The van der Waals surface area contributed by atoms with Crippen LogP contribution in [-0.2, 0) is 0 Å². The zero-order valence-electron chi connectivity index (χ0n) is 23.8. The van der Waals surface area contributed by atoms with E-state index in [1.807, 2.05) is 72.3 Å². The van der Waals surface area contributed by atoms with Crippen LogP contribution in [0.5, 0.6) is 11.5 Å². The van der Waals surface area contributed by atoms with Gasteiger partial charge in [-0.15, -0.1) is 0 Å². The van der Waals surface area contributed by atoms with Crippen molar-refractivity contribution in [3.63, 3.8) is 0 Å². The molecule has 5 aromatic rings. The highest BCUT2D eigenvalue weighted by molar-refractivity contribution is 6.51. The number of para-hydroxylation sites is 3. The summed E-state index contributed by atoms with van der Waals surface area (Å²) in [5, 5.41) is 19.0. The number of hydrogen-bond acceptors (Lipinski definition) is 7. The first-order chi connectivity index (χ1) is 20.4. The Morgan fingerprint density at radius 2 is 1.57 bits per heavy atom. The minimum atomic E-state index is -0.327. The molecule has 0 bridgehead atoms. The summed E-state index contributed by atoms with van der Waals surface area (Å²) in [5.41, 5.74) is 8.68. The van der Waals surface area contributed by atoms with Gasteiger partial charge in [-0.3, -0.25) is 0 Å². The van der Waals surface area contributed by atoms with E-state index in [0.717, 1.165) is 56.5 Å². The van der Waals surface area contributed by atoms with Crippen LogP contribution >= 0.6 is 0 Å². The number of hydrogen-bond donors (Lipinski definition) is 2. The summed E-state index contributed by atoms with van der Waals surface area (Å²) < 4.78 is 7.44. The number of phenolic OH excluding ortho intramolecular Hbond substituents is 1. The second kappa shape index (κ2) is 9.92. The van der Waals surface area contributed by atoms with Gasteiger partial charge in [-0.1, -0.05) is 42.5 Å². The van der Waals surface area contributed by atoms with E-state index in [2.05, 4.69) is 48.3 Å². The van der Waals surface area contributed by atoms with E-state index in [1.54, 1.807) is 13.2 Å². The summed E-state index contributed by atoms with van der Waals surface area (Å²) in [7, 11) is 1.56. The first-order valence-electron chi connectivity index (χ1n) is 13.8. The lowest BCUT2D eigenvalue weighted by Crippen LogP contribution is -2.46. The second-order valence-corrected chi connectivity index (χ2v) is 10.7. The molecule has 2 N–H and O–H groups in total. The molecular weight excluding hydrogens is 524 g/mol. The van der Waals surface area contributed by atoms with Gasteiger partial charge in [0.2, 0.25) is 0 Å². The Morgan fingerprint density at radius 1 is 0.833 bits per heavy atom. The maximum Gasteiger partial charge on any atom is 0.179 e. The fourth-order valence-corrected chi connectivity index (χ4v) is 5.91. The van der Waals surface area contributed by atoms with Crippen LogP contribution in [0.4, 0.5) is 22.9 Å². The van der Waals surface area contributed by atoms with Gasteiger partial charge in [0, 0.05) is 11.3 Å². The monoisotopic (exact) mass is 554 g/mol. The number of nitrogens with one attached hydrogen (secondary N) is 1. The van der Waals surface area contributed by atoms with Crippen LogP contribution in [0, 0.1) is 20.8 Å². The van der Waals surface area contributed by atoms with Crippen LogP contribution in [-0.4, -0.2) is 33.7 Å². The highest BCUT2D eigenvalue weighted by Gasteiger charge is 2.41. The van der Waals surface area contributed by atoms with Gasteiger partial charge in [0.25, 0.3) is 0 Å². The predicted octanol–water partition coefficient (Wildman–Crippen LogP) is 7.31. The number of aromatic hydroxyl groups is 1. The lowest BCUT2D eigenvalue weighted by atomic mass is 9.93. The molecule has 0 amide bonds. The van der Waals surface area contributed by atoms with E-state index in [1.165, 1.54) is 0 Å². The molecule has 0 spiro atoms. The number of aliphatic imine (C=N–C) groups is 2. The molecule has 208 valence electrons. The molecule has 0 fully saturated rings. The van der Waals surface area contributed by atoms with E-state index in [0.29, 0.717) is 17.4 Å². The van der Waals surface area contributed by atoms with E-state index in [-0.39, 0.29) is 11.8 Å². The third kappa shape index (κ3) is 4.19. The minimum Gasteiger partial charge on any atom is -0.504 e. The first kappa shape index (κ1) is 25.6. The van der Waals surface area contributed by atoms with Gasteiger partial charge < -0.3 is 20.1 Å². The Labute approximate surface area is 244 Å². The Hall–Kier alpha value is -5.37. The molecule has 8 nitrogen and oxygen atoms in total. The fourth-order valence-electron chi connectivity index (χ4n) is 5.91. The van der Waals surface area contributed by atoms with Crippen molar-refractivity contribution in [2.75, 3.05) is 17.3 Å². The lowest BCUT2D eigenvalue weighted by Gasteiger charge is -2.40. The molecule has 0 radical (unpaired) electrons. The largest absolute Gasteiger partial charge is 0.504 e. The van der Waals surface area contributed by atoms with Gasteiger partial charge in [-0.05, 0) is 86.0 Å². The SMILES string of the molecule is COc1cc([C@@H]2c3c(C)nn(-c4ccccc4)c3N=C3C(Nc4cc(C)cc(C)c4)=Nc4ccccc4N32)ccc1O. The number of aromatic nitrogens is 2. The molecule has 0 aliphatic carbocycles. The zero-order chi connectivity index (χ0) is 29.0. The molecule has 7 rings (SSSR count). The molecule has 3 heterocycles. The third-order valence-corrected chi connectivity index (χ3v) is 7.64. The smallest absolute Gasteiger partial charge is 0.179 e. The van der Waals surface area contributed by atoms with Crippen molar-refractivity contribution in [2.24, 2.45) is 9.98 Å². The Bertz CT molecular complexity index is 1890. The van der Waals surface area contributed by atoms with E-state index < -0.39 is 0 Å². The van der Waals surface area contributed by atoms with Crippen LogP contribution < -0.4 is 15.0 Å². The van der Waals surface area contributed by atoms with Gasteiger partial charge in [0.15, 0.2) is 29.0 Å². The Kier molecular flexibility index (Phi) is 6.04. The molecule has 2 aliphatic heterocycles. The topological polar surface area (TPSA) is 87.3 Å². The molecule has 0 saturated heterocycles. The lowest BCUT2D eigenvalue weighted by molar-refractivity contribution is 0.372. The van der Waals surface area contributed by atoms with Gasteiger partial charge in [-0.2, -0.15) is 5.10 Å². The maximum absolute atomic E-state index is 10.5. The summed E-state index contributed by atoms with van der Waals surface area (Å²) in [6, 6.07) is 29.6. The minimum absolute atomic E-state index is 0.0839. The molecule has 4 aromatic carbocycles. The summed E-state index contributed by atoms with van der Waals surface area (Å²) in [5.74, 6) is 2.53. The number of rotatable bonds is 4. The number of benzene rings is 4. The maximum atomic E-state index is 10.5. The summed E-state index contributed by atoms with van der Waals surface area (Å²) in [6.07, 6.45) is 0. The average molecular weight is 555 g/mol. The molecule has 8 heteroatoms. The van der Waals surface area contributed by atoms with Crippen molar-refractivity contribution in [1.29, 1.82) is 0 Å². The standard InChI is InChI=1S/C34H30N6O2/c1-20-16-21(2)18-24(17-20)35-32-34-37-33-30(22(3)38-40(33)25-10-6-5-7-11-25)31(23-14-15-28(41)29(19-23)42-4)39(34)27-13-9-8-12-26(27)36-32/h5-19,31,41H,1-4H3,(H,35,36)/t31-/m1/s1. The normalized spacial score (nSPS) is 15.2. The fraction of sp³-hybridized carbons (Fsp3) is 0.147. The number of methoxy groups -OCH3 is 1. The number of fused-ring (bicyclic) bond motifs is 4. The van der Waals surface area contributed by atoms with E-state index in [9.17, 15) is 5.11 Å². The Balaban J connectivity index is 1.50.